The summed E-state index contributed by atoms with van der Waals surface area (Å²) in [5.41, 5.74) is 7.38. The average Bonchev–Trinajstić information content (AvgIpc) is 2.47. The zero-order valence-corrected chi connectivity index (χ0v) is 12.6. The Morgan fingerprint density at radius 1 is 1.29 bits per heavy atom. The van der Waals surface area contributed by atoms with E-state index in [1.807, 2.05) is 13.0 Å². The number of nitrogens with two attached hydrogens (primary N) is 1. The van der Waals surface area contributed by atoms with Crippen molar-refractivity contribution in [3.8, 4) is 5.75 Å². The molecule has 112 valence electrons. The van der Waals surface area contributed by atoms with E-state index >= 15 is 0 Å². The lowest BCUT2D eigenvalue weighted by molar-refractivity contribution is 0.417. The van der Waals surface area contributed by atoms with Gasteiger partial charge in [-0.3, -0.25) is 9.71 Å². The van der Waals surface area contributed by atoms with Crippen LogP contribution in [-0.4, -0.2) is 20.5 Å². The SMILES string of the molecule is COc1ccc(C)cc1NS(=O)(=O)c1ccc(CN)nc1. The lowest BCUT2D eigenvalue weighted by Gasteiger charge is -2.12. The molecule has 7 heteroatoms. The van der Waals surface area contributed by atoms with Gasteiger partial charge in [-0.2, -0.15) is 0 Å². The van der Waals surface area contributed by atoms with E-state index in [0.717, 1.165) is 5.56 Å². The first kappa shape index (κ1) is 15.3. The van der Waals surface area contributed by atoms with Gasteiger partial charge in [0.25, 0.3) is 10.0 Å². The molecule has 3 N–H and O–H groups in total. The lowest BCUT2D eigenvalue weighted by atomic mass is 10.2. The Balaban J connectivity index is 2.34. The van der Waals surface area contributed by atoms with E-state index in [0.29, 0.717) is 17.1 Å². The van der Waals surface area contributed by atoms with Crippen molar-refractivity contribution in [1.82, 2.24) is 4.98 Å². The van der Waals surface area contributed by atoms with Crippen molar-refractivity contribution in [3.05, 3.63) is 47.8 Å². The molecule has 0 spiro atoms. The van der Waals surface area contributed by atoms with Crippen molar-refractivity contribution >= 4 is 15.7 Å². The topological polar surface area (TPSA) is 94.3 Å². The minimum Gasteiger partial charge on any atom is -0.495 e. The number of benzene rings is 1. The van der Waals surface area contributed by atoms with Crippen LogP contribution in [0.2, 0.25) is 0 Å². The molecule has 0 fully saturated rings. The fraction of sp³-hybridized carbons (Fsp3) is 0.214. The Bertz CT molecular complexity index is 728. The molecule has 1 aromatic heterocycles. The smallest absolute Gasteiger partial charge is 0.263 e. The number of aryl methyl sites for hydroxylation is 1. The van der Waals surface area contributed by atoms with Crippen LogP contribution in [0.25, 0.3) is 0 Å². The predicted octanol–water partition coefficient (Wildman–Crippen LogP) is 1.66. The maximum atomic E-state index is 12.3. The maximum Gasteiger partial charge on any atom is 0.263 e. The molecule has 1 heterocycles. The maximum absolute atomic E-state index is 12.3. The molecule has 0 aliphatic carbocycles. The Labute approximate surface area is 124 Å². The minimum atomic E-state index is -3.72. The highest BCUT2D eigenvalue weighted by atomic mass is 32.2. The van der Waals surface area contributed by atoms with Crippen LogP contribution in [0.3, 0.4) is 0 Å². The van der Waals surface area contributed by atoms with E-state index in [4.69, 9.17) is 10.5 Å². The van der Waals surface area contributed by atoms with Crippen LogP contribution in [0.5, 0.6) is 5.75 Å². The fourth-order valence-electron chi connectivity index (χ4n) is 1.80. The molecule has 21 heavy (non-hydrogen) atoms. The van der Waals surface area contributed by atoms with Crippen molar-refractivity contribution in [3.63, 3.8) is 0 Å². The number of pyridine rings is 1. The number of sulfonamides is 1. The van der Waals surface area contributed by atoms with Gasteiger partial charge in [-0.05, 0) is 36.8 Å². The molecule has 0 amide bonds. The summed E-state index contributed by atoms with van der Waals surface area (Å²) in [4.78, 5) is 4.06. The number of nitrogens with zero attached hydrogens (tertiary/aromatic N) is 1. The van der Waals surface area contributed by atoms with Crippen molar-refractivity contribution < 1.29 is 13.2 Å². The molecule has 0 atom stereocenters. The van der Waals surface area contributed by atoms with Crippen LogP contribution in [0.15, 0.2) is 41.4 Å². The van der Waals surface area contributed by atoms with Crippen LogP contribution in [0.4, 0.5) is 5.69 Å². The van der Waals surface area contributed by atoms with Gasteiger partial charge in [0.05, 0.1) is 18.5 Å². The van der Waals surface area contributed by atoms with E-state index in [1.165, 1.54) is 19.4 Å². The first-order valence-electron chi connectivity index (χ1n) is 6.28. The second-order valence-corrected chi connectivity index (χ2v) is 6.18. The molecule has 0 saturated carbocycles. The van der Waals surface area contributed by atoms with Crippen molar-refractivity contribution in [2.45, 2.75) is 18.4 Å². The highest BCUT2D eigenvalue weighted by Gasteiger charge is 2.17. The largest absolute Gasteiger partial charge is 0.495 e. The van der Waals surface area contributed by atoms with E-state index in [-0.39, 0.29) is 11.4 Å². The first-order chi connectivity index (χ1) is 9.96. The second-order valence-electron chi connectivity index (χ2n) is 4.50. The summed E-state index contributed by atoms with van der Waals surface area (Å²) in [5, 5.41) is 0. The van der Waals surface area contributed by atoms with Gasteiger partial charge in [-0.25, -0.2) is 8.42 Å². The Morgan fingerprint density at radius 3 is 2.62 bits per heavy atom. The molecule has 0 bridgehead atoms. The molecular formula is C14H17N3O3S. The Morgan fingerprint density at radius 2 is 2.05 bits per heavy atom. The van der Waals surface area contributed by atoms with Gasteiger partial charge in [0, 0.05) is 12.7 Å². The number of aromatic nitrogens is 1. The van der Waals surface area contributed by atoms with Gasteiger partial charge in [0.1, 0.15) is 10.6 Å². The minimum absolute atomic E-state index is 0.0725. The highest BCUT2D eigenvalue weighted by molar-refractivity contribution is 7.92. The van der Waals surface area contributed by atoms with E-state index in [2.05, 4.69) is 9.71 Å². The third-order valence-corrected chi connectivity index (χ3v) is 4.27. The molecule has 0 radical (unpaired) electrons. The van der Waals surface area contributed by atoms with E-state index in [1.54, 1.807) is 18.2 Å². The summed E-state index contributed by atoms with van der Waals surface area (Å²) in [6.45, 7) is 2.13. The standard InChI is InChI=1S/C14H17N3O3S/c1-10-3-6-14(20-2)13(7-10)17-21(18,19)12-5-4-11(8-15)16-9-12/h3-7,9,17H,8,15H2,1-2H3. The van der Waals surface area contributed by atoms with E-state index in [9.17, 15) is 8.42 Å². The van der Waals surface area contributed by atoms with Crippen LogP contribution < -0.4 is 15.2 Å². The number of hydrogen-bond acceptors (Lipinski definition) is 5. The number of nitrogens with one attached hydrogen (secondary N) is 1. The van der Waals surface area contributed by atoms with Crippen LogP contribution in [0.1, 0.15) is 11.3 Å². The summed E-state index contributed by atoms with van der Waals surface area (Å²) in [7, 11) is -2.23. The molecule has 2 aromatic rings. The van der Waals surface area contributed by atoms with Gasteiger partial charge in [0.15, 0.2) is 0 Å². The summed E-state index contributed by atoms with van der Waals surface area (Å²) in [5.74, 6) is 0.454. The molecule has 0 unspecified atom stereocenters. The number of ether oxygens (including phenoxy) is 1. The number of anilines is 1. The van der Waals surface area contributed by atoms with Gasteiger partial charge in [0.2, 0.25) is 0 Å². The summed E-state index contributed by atoms with van der Waals surface area (Å²) >= 11 is 0. The monoisotopic (exact) mass is 307 g/mol. The van der Waals surface area contributed by atoms with Gasteiger partial charge in [-0.15, -0.1) is 0 Å². The molecule has 0 aliphatic heterocycles. The predicted molar refractivity (Wildman–Crippen MR) is 80.7 cm³/mol. The molecule has 0 aliphatic rings. The molecule has 0 saturated heterocycles. The summed E-state index contributed by atoms with van der Waals surface area (Å²) in [6.07, 6.45) is 1.28. The number of hydrogen-bond donors (Lipinski definition) is 2. The van der Waals surface area contributed by atoms with Crippen molar-refractivity contribution in [2.24, 2.45) is 5.73 Å². The van der Waals surface area contributed by atoms with Gasteiger partial charge >= 0.3 is 0 Å². The molecule has 1 aromatic carbocycles. The van der Waals surface area contributed by atoms with Crippen molar-refractivity contribution in [1.29, 1.82) is 0 Å². The Kier molecular flexibility index (Phi) is 4.44. The Hall–Kier alpha value is -2.12. The first-order valence-corrected chi connectivity index (χ1v) is 7.77. The third-order valence-electron chi connectivity index (χ3n) is 2.92. The quantitative estimate of drug-likeness (QED) is 0.876. The van der Waals surface area contributed by atoms with Crippen molar-refractivity contribution in [2.75, 3.05) is 11.8 Å². The van der Waals surface area contributed by atoms with Crippen LogP contribution in [0, 0.1) is 6.92 Å². The molecule has 2 rings (SSSR count). The summed E-state index contributed by atoms with van der Waals surface area (Å²) < 4.78 is 32.4. The average molecular weight is 307 g/mol. The summed E-state index contributed by atoms with van der Waals surface area (Å²) in [6, 6.07) is 8.32. The molecule has 6 nitrogen and oxygen atoms in total. The van der Waals surface area contributed by atoms with Crippen LogP contribution >= 0.6 is 0 Å². The number of methoxy groups -OCH3 is 1. The normalized spacial score (nSPS) is 11.2. The fourth-order valence-corrected chi connectivity index (χ4v) is 2.80. The highest BCUT2D eigenvalue weighted by Crippen LogP contribution is 2.27. The number of rotatable bonds is 5. The zero-order chi connectivity index (χ0) is 15.5. The second kappa shape index (κ2) is 6.11. The van der Waals surface area contributed by atoms with Crippen LogP contribution in [-0.2, 0) is 16.6 Å². The van der Waals surface area contributed by atoms with E-state index < -0.39 is 10.0 Å². The van der Waals surface area contributed by atoms with Gasteiger partial charge < -0.3 is 10.5 Å². The molecular weight excluding hydrogens is 290 g/mol. The van der Waals surface area contributed by atoms with Gasteiger partial charge in [-0.1, -0.05) is 6.07 Å². The third kappa shape index (κ3) is 3.50. The zero-order valence-electron chi connectivity index (χ0n) is 11.8. The lowest BCUT2D eigenvalue weighted by Crippen LogP contribution is -2.14.